The topological polar surface area (TPSA) is 215 Å². The first-order valence-electron chi connectivity index (χ1n) is 19.5. The Morgan fingerprint density at radius 1 is 0.983 bits per heavy atom. The molecular formula is C43H53NO13S. The van der Waals surface area contributed by atoms with Gasteiger partial charge in [-0.1, -0.05) is 88.0 Å². The van der Waals surface area contributed by atoms with Crippen molar-refractivity contribution < 1.29 is 63.3 Å². The number of thioether (sulfide) groups is 1. The monoisotopic (exact) mass is 823 g/mol. The molecular weight excluding hydrogens is 771 g/mol. The minimum Gasteiger partial charge on any atom is -0.456 e. The van der Waals surface area contributed by atoms with Crippen LogP contribution in [0.5, 0.6) is 0 Å². The maximum Gasteiger partial charge on any atom is 0.338 e. The average Bonchev–Trinajstić information content (AvgIpc) is 3.17. The molecule has 4 aliphatic rings. The van der Waals surface area contributed by atoms with E-state index in [0.717, 1.165) is 18.7 Å². The van der Waals surface area contributed by atoms with Gasteiger partial charge in [-0.05, 0) is 48.6 Å². The molecule has 2 aromatic carbocycles. The van der Waals surface area contributed by atoms with Crippen LogP contribution in [0.2, 0.25) is 0 Å². The summed E-state index contributed by atoms with van der Waals surface area (Å²) in [5.41, 5.74) is -7.03. The molecule has 0 radical (unpaired) electrons. The van der Waals surface area contributed by atoms with E-state index < -0.39 is 106 Å². The number of rotatable bonds is 10. The number of Topliss-reactive ketones (excluding diaryl/α,β-unsaturated/α-hetero) is 1. The molecule has 11 atom stereocenters. The molecule has 1 saturated heterocycles. The number of carbonyl (C=O) groups excluding carboxylic acids is 5. The summed E-state index contributed by atoms with van der Waals surface area (Å²) in [6.45, 7) is 10.8. The van der Waals surface area contributed by atoms with Crippen molar-refractivity contribution in [2.75, 3.05) is 12.4 Å². The molecule has 6 rings (SSSR count). The van der Waals surface area contributed by atoms with Gasteiger partial charge in [0.25, 0.3) is 5.24 Å². The molecule has 0 unspecified atom stereocenters. The molecule has 3 fully saturated rings. The van der Waals surface area contributed by atoms with Crippen LogP contribution in [0.15, 0.2) is 71.8 Å². The van der Waals surface area contributed by atoms with Gasteiger partial charge >= 0.3 is 17.9 Å². The lowest BCUT2D eigenvalue weighted by Gasteiger charge is -2.67. The minimum atomic E-state index is -2.33. The Morgan fingerprint density at radius 2 is 1.60 bits per heavy atom. The van der Waals surface area contributed by atoms with E-state index in [9.17, 15) is 44.4 Å². The quantitative estimate of drug-likeness (QED) is 0.131. The molecule has 2 saturated carbocycles. The first kappa shape index (κ1) is 43.5. The van der Waals surface area contributed by atoms with E-state index in [0.29, 0.717) is 11.3 Å². The summed E-state index contributed by atoms with van der Waals surface area (Å²) in [6.07, 6.45) is -10.4. The molecule has 0 spiro atoms. The molecule has 3 aliphatic carbocycles. The highest BCUT2D eigenvalue weighted by Gasteiger charge is 2.78. The summed E-state index contributed by atoms with van der Waals surface area (Å²) in [5, 5.41) is 51.3. The van der Waals surface area contributed by atoms with Crippen LogP contribution >= 0.6 is 11.8 Å². The Balaban J connectivity index is 1.48. The summed E-state index contributed by atoms with van der Waals surface area (Å²) in [4.78, 5) is 69.0. The normalized spacial score (nSPS) is 33.6. The summed E-state index contributed by atoms with van der Waals surface area (Å²) in [6, 6.07) is 15.0. The number of amides is 1. The van der Waals surface area contributed by atoms with E-state index in [4.69, 9.17) is 18.9 Å². The molecule has 1 heterocycles. The first-order chi connectivity index (χ1) is 27.2. The second-order valence-electron chi connectivity index (χ2n) is 17.1. The van der Waals surface area contributed by atoms with Crippen LogP contribution in [0.3, 0.4) is 0 Å². The summed E-state index contributed by atoms with van der Waals surface area (Å²) < 4.78 is 24.2. The van der Waals surface area contributed by atoms with Gasteiger partial charge in [-0.3, -0.25) is 14.4 Å². The SMILES string of the molecule is CC(=O)O[C@@]12CO[C@@H]1C[C@H](O)[C@@]1(C)C(=O)[C@H](O)C3=C(C)[C@@H](OC(=O)[C@H](O)[C@@H](NC(=O)SCC(C)C)c4ccccc4)C[C@@](O)([C@@H](OC(=O)c4ccccc4)[C@H]21)C3(C)C. The lowest BCUT2D eigenvalue weighted by Crippen LogP contribution is -2.81. The van der Waals surface area contributed by atoms with E-state index in [1.54, 1.807) is 62.4 Å². The predicted octanol–water partition coefficient (Wildman–Crippen LogP) is 3.83. The van der Waals surface area contributed by atoms with Crippen LogP contribution in [-0.2, 0) is 33.3 Å². The third-order valence-corrected chi connectivity index (χ3v) is 13.9. The smallest absolute Gasteiger partial charge is 0.338 e. The highest BCUT2D eigenvalue weighted by Crippen LogP contribution is 2.64. The number of hydrogen-bond donors (Lipinski definition) is 5. The number of fused-ring (bicyclic) bond motifs is 5. The van der Waals surface area contributed by atoms with Gasteiger partial charge in [-0.2, -0.15) is 0 Å². The van der Waals surface area contributed by atoms with Crippen molar-refractivity contribution in [2.45, 2.75) is 115 Å². The minimum absolute atomic E-state index is 0.0438. The van der Waals surface area contributed by atoms with Crippen LogP contribution in [0.25, 0.3) is 0 Å². The van der Waals surface area contributed by atoms with Crippen molar-refractivity contribution in [3.8, 4) is 0 Å². The molecule has 1 amide bonds. The van der Waals surface area contributed by atoms with Crippen molar-refractivity contribution in [2.24, 2.45) is 22.7 Å². The predicted molar refractivity (Wildman–Crippen MR) is 210 cm³/mol. The van der Waals surface area contributed by atoms with Gasteiger partial charge in [0.1, 0.15) is 30.0 Å². The molecule has 5 N–H and O–H groups in total. The number of ether oxygens (including phenoxy) is 4. The summed E-state index contributed by atoms with van der Waals surface area (Å²) >= 11 is 0.995. The van der Waals surface area contributed by atoms with Crippen molar-refractivity contribution in [3.63, 3.8) is 0 Å². The number of hydrogen-bond acceptors (Lipinski definition) is 14. The molecule has 2 bridgehead atoms. The second kappa shape index (κ2) is 16.1. The lowest BCUT2D eigenvalue weighted by atomic mass is 9.44. The maximum atomic E-state index is 15.0. The van der Waals surface area contributed by atoms with Gasteiger partial charge in [0.15, 0.2) is 17.5 Å². The van der Waals surface area contributed by atoms with Crippen LogP contribution < -0.4 is 5.32 Å². The number of ketones is 1. The highest BCUT2D eigenvalue weighted by molar-refractivity contribution is 8.13. The fraction of sp³-hybridized carbons (Fsp3) is 0.558. The zero-order valence-electron chi connectivity index (χ0n) is 33.7. The van der Waals surface area contributed by atoms with Crippen LogP contribution in [0.1, 0.15) is 83.3 Å². The second-order valence-corrected chi connectivity index (χ2v) is 18.1. The van der Waals surface area contributed by atoms with Gasteiger partial charge in [0, 0.05) is 30.9 Å². The Morgan fingerprint density at radius 3 is 2.17 bits per heavy atom. The molecule has 0 aromatic heterocycles. The zero-order chi connectivity index (χ0) is 42.5. The molecule has 2 aromatic rings. The van der Waals surface area contributed by atoms with Gasteiger partial charge < -0.3 is 44.7 Å². The molecule has 314 valence electrons. The molecule has 58 heavy (non-hydrogen) atoms. The number of carbonyl (C=O) groups is 5. The zero-order valence-corrected chi connectivity index (χ0v) is 34.5. The van der Waals surface area contributed by atoms with Gasteiger partial charge in [0.2, 0.25) is 0 Å². The van der Waals surface area contributed by atoms with Crippen LogP contribution in [0, 0.1) is 22.7 Å². The first-order valence-corrected chi connectivity index (χ1v) is 20.5. The lowest BCUT2D eigenvalue weighted by molar-refractivity contribution is -0.346. The van der Waals surface area contributed by atoms with E-state index in [1.807, 2.05) is 13.8 Å². The average molecular weight is 824 g/mol. The number of aliphatic hydroxyl groups excluding tert-OH is 3. The summed E-state index contributed by atoms with van der Waals surface area (Å²) in [7, 11) is 0. The largest absolute Gasteiger partial charge is 0.456 e. The standard InChI is InChI=1S/C43H53NO13S/c1-22(2)20-58-39(52)44-31(25-14-10-8-11-15-25)33(48)38(51)55-27-19-43(53)36(56-37(50)26-16-12-9-13-17-26)34-41(7,35(49)32(47)30(23(27)3)40(43,5)6)28(46)18-29-42(34,21-54-29)57-24(4)45/h8-17,22,27-29,31-34,36,46-48,53H,18-21H2,1-7H3,(H,44,52)/t27-,28-,29+,31-,32+,33+,34-,36-,41+,42-,43+/m0/s1. The third kappa shape index (κ3) is 7.27. The number of benzene rings is 2. The summed E-state index contributed by atoms with van der Waals surface area (Å²) in [5.74, 6) is -4.59. The van der Waals surface area contributed by atoms with E-state index in [2.05, 4.69) is 5.32 Å². The molecule has 1 aliphatic heterocycles. The van der Waals surface area contributed by atoms with Gasteiger partial charge in [-0.15, -0.1) is 0 Å². The van der Waals surface area contributed by atoms with Crippen molar-refractivity contribution in [1.29, 1.82) is 0 Å². The number of aliphatic hydroxyl groups is 4. The van der Waals surface area contributed by atoms with Crippen molar-refractivity contribution in [1.82, 2.24) is 5.32 Å². The Bertz CT molecular complexity index is 1950. The third-order valence-electron chi connectivity index (χ3n) is 12.7. The van der Waals surface area contributed by atoms with Crippen molar-refractivity contribution in [3.05, 3.63) is 82.9 Å². The molecule has 14 nitrogen and oxygen atoms in total. The Kier molecular flexibility index (Phi) is 12.1. The number of nitrogens with one attached hydrogen (secondary N) is 1. The fourth-order valence-corrected chi connectivity index (χ4v) is 10.2. The Hall–Kier alpha value is -4.12. The van der Waals surface area contributed by atoms with E-state index >= 15 is 0 Å². The van der Waals surface area contributed by atoms with Gasteiger partial charge in [-0.25, -0.2) is 9.59 Å². The van der Waals surface area contributed by atoms with Crippen LogP contribution in [-0.4, -0.2) is 110 Å². The highest BCUT2D eigenvalue weighted by atomic mass is 32.2. The van der Waals surface area contributed by atoms with Gasteiger partial charge in [0.05, 0.1) is 35.6 Å². The van der Waals surface area contributed by atoms with E-state index in [-0.39, 0.29) is 35.7 Å². The maximum absolute atomic E-state index is 15.0. The Labute approximate surface area is 341 Å². The van der Waals surface area contributed by atoms with E-state index in [1.165, 1.54) is 26.0 Å². The molecule has 15 heteroatoms. The number of esters is 3. The van der Waals surface area contributed by atoms with Crippen molar-refractivity contribution >= 4 is 40.7 Å². The van der Waals surface area contributed by atoms with Crippen LogP contribution in [0.4, 0.5) is 4.79 Å². The fourth-order valence-electron chi connectivity index (χ4n) is 9.54.